The topological polar surface area (TPSA) is 107 Å². The number of hydrogen-bond donors (Lipinski definition) is 3. The van der Waals surface area contributed by atoms with Gasteiger partial charge in [0.15, 0.2) is 5.82 Å². The van der Waals surface area contributed by atoms with Crippen molar-refractivity contribution >= 4 is 11.9 Å². The maximum atomic E-state index is 5.51. The first-order chi connectivity index (χ1) is 13.3. The van der Waals surface area contributed by atoms with Gasteiger partial charge in [-0.25, -0.2) is 0 Å². The lowest BCUT2D eigenvalue weighted by Crippen LogP contribution is -2.16. The molecular weight excluding hydrogens is 344 g/mol. The lowest BCUT2D eigenvalue weighted by molar-refractivity contribution is 0.0547. The molecule has 0 spiro atoms. The summed E-state index contributed by atoms with van der Waals surface area (Å²) >= 11 is 0. The number of nitrogens with zero attached hydrogens (tertiary/aromatic N) is 3. The third kappa shape index (κ3) is 8.29. The Bertz CT molecular complexity index is 641. The van der Waals surface area contributed by atoms with Crippen molar-refractivity contribution in [3.63, 3.8) is 0 Å². The van der Waals surface area contributed by atoms with E-state index in [0.29, 0.717) is 57.2 Å². The summed E-state index contributed by atoms with van der Waals surface area (Å²) in [7, 11) is 0. The summed E-state index contributed by atoms with van der Waals surface area (Å²) in [5.74, 6) is 1.75. The Morgan fingerprint density at radius 3 is 2.19 bits per heavy atom. The van der Waals surface area contributed by atoms with Gasteiger partial charge in [0, 0.05) is 25.2 Å². The predicted molar refractivity (Wildman–Crippen MR) is 108 cm³/mol. The normalized spacial score (nSPS) is 10.7. The van der Waals surface area contributed by atoms with Crippen LogP contribution >= 0.6 is 0 Å². The lowest BCUT2D eigenvalue weighted by atomic mass is 10.2. The molecule has 27 heavy (non-hydrogen) atoms. The highest BCUT2D eigenvalue weighted by molar-refractivity contribution is 5.57. The summed E-state index contributed by atoms with van der Waals surface area (Å²) in [5, 5.41) is 6.47. The largest absolute Gasteiger partial charge is 0.378 e. The second-order valence-corrected chi connectivity index (χ2v) is 5.89. The van der Waals surface area contributed by atoms with Crippen LogP contribution in [0.5, 0.6) is 0 Å². The van der Waals surface area contributed by atoms with Gasteiger partial charge < -0.3 is 25.8 Å². The summed E-state index contributed by atoms with van der Waals surface area (Å²) in [6.07, 6.45) is 2.18. The van der Waals surface area contributed by atoms with Crippen LogP contribution in [0.4, 0.5) is 11.9 Å². The van der Waals surface area contributed by atoms with Gasteiger partial charge >= 0.3 is 0 Å². The van der Waals surface area contributed by atoms with E-state index in [1.807, 2.05) is 30.3 Å². The highest BCUT2D eigenvalue weighted by Crippen LogP contribution is 2.17. The fraction of sp³-hybridized carbons (Fsp3) is 0.526. The zero-order valence-electron chi connectivity index (χ0n) is 16.0. The first-order valence-electron chi connectivity index (χ1n) is 9.48. The van der Waals surface area contributed by atoms with Gasteiger partial charge in [0.1, 0.15) is 0 Å². The zero-order valence-corrected chi connectivity index (χ0v) is 16.0. The molecule has 0 radical (unpaired) electrons. The number of unbranched alkanes of at least 4 members (excludes halogenated alkanes) is 1. The van der Waals surface area contributed by atoms with E-state index in [2.05, 4.69) is 32.5 Å². The Morgan fingerprint density at radius 2 is 1.52 bits per heavy atom. The fourth-order valence-electron chi connectivity index (χ4n) is 2.27. The Hall–Kier alpha value is -2.29. The van der Waals surface area contributed by atoms with Gasteiger partial charge in [0.05, 0.1) is 26.4 Å². The molecule has 0 aliphatic carbocycles. The predicted octanol–water partition coefficient (Wildman–Crippen LogP) is 2.15. The SMILES string of the molecule is CCCCNc1nc(NCCOCCOCCN)nc(-c2ccccc2)n1. The first kappa shape index (κ1) is 21.0. The van der Waals surface area contributed by atoms with Crippen molar-refractivity contribution in [2.75, 3.05) is 56.7 Å². The molecule has 0 saturated carbocycles. The van der Waals surface area contributed by atoms with Crippen molar-refractivity contribution in [1.82, 2.24) is 15.0 Å². The molecule has 1 aromatic carbocycles. The molecule has 2 aromatic rings. The van der Waals surface area contributed by atoms with Gasteiger partial charge in [-0.1, -0.05) is 43.7 Å². The summed E-state index contributed by atoms with van der Waals surface area (Å²) in [6, 6.07) is 9.88. The molecule has 0 saturated heterocycles. The molecule has 0 atom stereocenters. The summed E-state index contributed by atoms with van der Waals surface area (Å²) < 4.78 is 10.8. The zero-order chi connectivity index (χ0) is 19.2. The average molecular weight is 374 g/mol. The van der Waals surface area contributed by atoms with Crippen LogP contribution in [0.15, 0.2) is 30.3 Å². The van der Waals surface area contributed by atoms with Gasteiger partial charge in [-0.15, -0.1) is 0 Å². The number of anilines is 2. The minimum Gasteiger partial charge on any atom is -0.378 e. The van der Waals surface area contributed by atoms with Gasteiger partial charge in [-0.3, -0.25) is 0 Å². The van der Waals surface area contributed by atoms with Crippen LogP contribution in [-0.2, 0) is 9.47 Å². The van der Waals surface area contributed by atoms with E-state index in [1.165, 1.54) is 0 Å². The smallest absolute Gasteiger partial charge is 0.228 e. The highest BCUT2D eigenvalue weighted by Gasteiger charge is 2.08. The molecule has 0 bridgehead atoms. The Morgan fingerprint density at radius 1 is 0.852 bits per heavy atom. The number of rotatable bonds is 14. The van der Waals surface area contributed by atoms with E-state index in [4.69, 9.17) is 15.2 Å². The molecule has 8 nitrogen and oxygen atoms in total. The van der Waals surface area contributed by atoms with Gasteiger partial charge in [-0.05, 0) is 6.42 Å². The third-order valence-electron chi connectivity index (χ3n) is 3.64. The van der Waals surface area contributed by atoms with Gasteiger partial charge in [0.2, 0.25) is 11.9 Å². The minimum absolute atomic E-state index is 0.527. The van der Waals surface area contributed by atoms with E-state index in [9.17, 15) is 0 Å². The standard InChI is InChI=1S/C19H30N6O2/c1-2-3-10-21-18-23-17(16-7-5-4-6-8-16)24-19(25-18)22-11-13-27-15-14-26-12-9-20/h4-8H,2-3,9-15,20H2,1H3,(H2,21,22,23,24,25). The fourth-order valence-corrected chi connectivity index (χ4v) is 2.27. The van der Waals surface area contributed by atoms with E-state index < -0.39 is 0 Å². The minimum atomic E-state index is 0.527. The van der Waals surface area contributed by atoms with Crippen molar-refractivity contribution in [1.29, 1.82) is 0 Å². The van der Waals surface area contributed by atoms with Crippen molar-refractivity contribution in [2.45, 2.75) is 19.8 Å². The molecule has 0 aliphatic rings. The maximum absolute atomic E-state index is 5.51. The van der Waals surface area contributed by atoms with Gasteiger partial charge in [-0.2, -0.15) is 15.0 Å². The monoisotopic (exact) mass is 374 g/mol. The maximum Gasteiger partial charge on any atom is 0.228 e. The van der Waals surface area contributed by atoms with E-state index in [1.54, 1.807) is 0 Å². The second kappa shape index (κ2) is 13.0. The Kier molecular flexibility index (Phi) is 10.1. The highest BCUT2D eigenvalue weighted by atomic mass is 16.5. The van der Waals surface area contributed by atoms with Crippen molar-refractivity contribution in [3.8, 4) is 11.4 Å². The van der Waals surface area contributed by atoms with Crippen molar-refractivity contribution < 1.29 is 9.47 Å². The Labute approximate surface area is 160 Å². The van der Waals surface area contributed by atoms with Crippen LogP contribution in [0.25, 0.3) is 11.4 Å². The van der Waals surface area contributed by atoms with Crippen LogP contribution in [-0.4, -0.2) is 61.0 Å². The molecule has 1 heterocycles. The number of nitrogens with two attached hydrogens (primary N) is 1. The molecule has 4 N–H and O–H groups in total. The summed E-state index contributed by atoms with van der Waals surface area (Å²) in [4.78, 5) is 13.5. The first-order valence-corrected chi connectivity index (χ1v) is 9.48. The lowest BCUT2D eigenvalue weighted by Gasteiger charge is -2.10. The summed E-state index contributed by atoms with van der Waals surface area (Å²) in [6.45, 7) is 6.30. The van der Waals surface area contributed by atoms with Crippen LogP contribution in [0.2, 0.25) is 0 Å². The quantitative estimate of drug-likeness (QED) is 0.432. The van der Waals surface area contributed by atoms with E-state index in [0.717, 1.165) is 24.9 Å². The molecular formula is C19H30N6O2. The van der Waals surface area contributed by atoms with Crippen LogP contribution in [0, 0.1) is 0 Å². The number of nitrogens with one attached hydrogen (secondary N) is 2. The molecule has 8 heteroatoms. The molecule has 0 aliphatic heterocycles. The van der Waals surface area contributed by atoms with Crippen LogP contribution < -0.4 is 16.4 Å². The number of hydrogen-bond acceptors (Lipinski definition) is 8. The van der Waals surface area contributed by atoms with E-state index >= 15 is 0 Å². The number of ether oxygens (including phenoxy) is 2. The third-order valence-corrected chi connectivity index (χ3v) is 3.64. The molecule has 0 amide bonds. The van der Waals surface area contributed by atoms with Crippen LogP contribution in [0.1, 0.15) is 19.8 Å². The van der Waals surface area contributed by atoms with Crippen molar-refractivity contribution in [2.24, 2.45) is 5.73 Å². The molecule has 2 rings (SSSR count). The Balaban J connectivity index is 1.90. The van der Waals surface area contributed by atoms with E-state index in [-0.39, 0.29) is 0 Å². The average Bonchev–Trinajstić information content (AvgIpc) is 2.71. The second-order valence-electron chi connectivity index (χ2n) is 5.89. The molecule has 0 fully saturated rings. The molecule has 148 valence electrons. The molecule has 0 unspecified atom stereocenters. The number of aromatic nitrogens is 3. The van der Waals surface area contributed by atoms with Crippen molar-refractivity contribution in [3.05, 3.63) is 30.3 Å². The number of benzene rings is 1. The van der Waals surface area contributed by atoms with Gasteiger partial charge in [0.25, 0.3) is 0 Å². The van der Waals surface area contributed by atoms with Crippen LogP contribution in [0.3, 0.4) is 0 Å². The molecule has 1 aromatic heterocycles. The summed E-state index contributed by atoms with van der Waals surface area (Å²) in [5.41, 5.74) is 6.31.